The van der Waals surface area contributed by atoms with Crippen molar-refractivity contribution >= 4 is 17.2 Å². The fourth-order valence-electron chi connectivity index (χ4n) is 3.53. The Labute approximate surface area is 170 Å². The van der Waals surface area contributed by atoms with Gasteiger partial charge in [0, 0.05) is 23.0 Å². The van der Waals surface area contributed by atoms with Gasteiger partial charge in [0.2, 0.25) is 0 Å². The first-order valence-electron chi connectivity index (χ1n) is 9.43. The number of rotatable bonds is 5. The number of nitrogens with one attached hydrogen (secondary N) is 1. The van der Waals surface area contributed by atoms with Gasteiger partial charge in [0.1, 0.15) is 5.82 Å². The Balaban J connectivity index is 1.87. The zero-order valence-corrected chi connectivity index (χ0v) is 17.3. The summed E-state index contributed by atoms with van der Waals surface area (Å²) in [5.41, 5.74) is 6.76. The average Bonchev–Trinajstić information content (AvgIpc) is 3.03. The van der Waals surface area contributed by atoms with Gasteiger partial charge >= 0.3 is 0 Å². The third kappa shape index (κ3) is 3.49. The van der Waals surface area contributed by atoms with E-state index in [4.69, 9.17) is 19.6 Å². The van der Waals surface area contributed by atoms with E-state index < -0.39 is 0 Å². The zero-order valence-electron chi connectivity index (χ0n) is 17.3. The molecule has 6 heteroatoms. The largest absolute Gasteiger partial charge is 0.493 e. The van der Waals surface area contributed by atoms with Crippen molar-refractivity contribution in [1.82, 2.24) is 14.6 Å². The molecule has 2 aromatic carbocycles. The predicted molar refractivity (Wildman–Crippen MR) is 115 cm³/mol. The second kappa shape index (κ2) is 7.47. The highest BCUT2D eigenvalue weighted by Gasteiger charge is 2.18. The summed E-state index contributed by atoms with van der Waals surface area (Å²) in [5, 5.41) is 8.24. The van der Waals surface area contributed by atoms with Crippen molar-refractivity contribution in [1.29, 1.82) is 0 Å². The topological polar surface area (TPSA) is 60.7 Å². The SMILES string of the molecule is COc1ccc(-c2c(C)nn3c(Nc4cccc(C)c4)cc(C)nc23)cc1OC. The molecule has 0 aliphatic heterocycles. The normalized spacial score (nSPS) is 10.9. The van der Waals surface area contributed by atoms with Gasteiger partial charge < -0.3 is 14.8 Å². The highest BCUT2D eigenvalue weighted by atomic mass is 16.5. The summed E-state index contributed by atoms with van der Waals surface area (Å²) in [6.07, 6.45) is 0. The molecule has 2 heterocycles. The van der Waals surface area contributed by atoms with E-state index in [1.807, 2.05) is 54.8 Å². The standard InChI is InChI=1S/C23H24N4O2/c1-14-7-6-8-18(11-14)25-21-12-15(2)24-23-22(16(3)26-27(21)23)17-9-10-19(28-4)20(13-17)29-5/h6-13,25H,1-5H3. The van der Waals surface area contributed by atoms with E-state index in [9.17, 15) is 0 Å². The molecule has 0 aliphatic carbocycles. The Morgan fingerprint density at radius 1 is 0.897 bits per heavy atom. The molecule has 0 spiro atoms. The summed E-state index contributed by atoms with van der Waals surface area (Å²) < 4.78 is 12.7. The summed E-state index contributed by atoms with van der Waals surface area (Å²) in [7, 11) is 3.27. The van der Waals surface area contributed by atoms with E-state index >= 15 is 0 Å². The Morgan fingerprint density at radius 2 is 1.69 bits per heavy atom. The first-order chi connectivity index (χ1) is 14.0. The average molecular weight is 388 g/mol. The van der Waals surface area contributed by atoms with Gasteiger partial charge in [-0.15, -0.1) is 0 Å². The maximum absolute atomic E-state index is 5.48. The van der Waals surface area contributed by atoms with E-state index in [0.717, 1.165) is 39.7 Å². The third-order valence-electron chi connectivity index (χ3n) is 4.85. The summed E-state index contributed by atoms with van der Waals surface area (Å²) in [4.78, 5) is 4.78. The first kappa shape index (κ1) is 18.8. The number of methoxy groups -OCH3 is 2. The molecule has 0 amide bonds. The van der Waals surface area contributed by atoms with Crippen molar-refractivity contribution in [2.45, 2.75) is 20.8 Å². The summed E-state index contributed by atoms with van der Waals surface area (Å²) in [5.74, 6) is 2.23. The molecule has 0 saturated carbocycles. The smallest absolute Gasteiger partial charge is 0.165 e. The molecule has 0 saturated heterocycles. The monoisotopic (exact) mass is 388 g/mol. The third-order valence-corrected chi connectivity index (χ3v) is 4.85. The van der Waals surface area contributed by atoms with E-state index in [0.29, 0.717) is 11.5 Å². The van der Waals surface area contributed by atoms with E-state index in [2.05, 4.69) is 24.4 Å². The van der Waals surface area contributed by atoms with Gasteiger partial charge in [-0.05, 0) is 56.2 Å². The van der Waals surface area contributed by atoms with Crippen LogP contribution in [0, 0.1) is 20.8 Å². The van der Waals surface area contributed by atoms with Gasteiger partial charge in [-0.3, -0.25) is 0 Å². The number of hydrogen-bond acceptors (Lipinski definition) is 5. The van der Waals surface area contributed by atoms with Crippen LogP contribution in [0.25, 0.3) is 16.8 Å². The van der Waals surface area contributed by atoms with E-state index in [-0.39, 0.29) is 0 Å². The lowest BCUT2D eigenvalue weighted by Gasteiger charge is -2.11. The number of nitrogens with zero attached hydrogens (tertiary/aromatic N) is 3. The second-order valence-corrected chi connectivity index (χ2v) is 7.04. The molecule has 6 nitrogen and oxygen atoms in total. The maximum atomic E-state index is 5.48. The molecule has 0 atom stereocenters. The molecule has 0 radical (unpaired) electrons. The quantitative estimate of drug-likeness (QED) is 0.516. The van der Waals surface area contributed by atoms with Crippen LogP contribution in [0.5, 0.6) is 11.5 Å². The second-order valence-electron chi connectivity index (χ2n) is 7.04. The van der Waals surface area contributed by atoms with Crippen LogP contribution >= 0.6 is 0 Å². The van der Waals surface area contributed by atoms with Crippen molar-refractivity contribution in [3.8, 4) is 22.6 Å². The number of anilines is 2. The zero-order chi connectivity index (χ0) is 20.5. The van der Waals surface area contributed by atoms with Gasteiger partial charge in [0.15, 0.2) is 17.1 Å². The number of aromatic nitrogens is 3. The van der Waals surface area contributed by atoms with Crippen LogP contribution in [0.2, 0.25) is 0 Å². The van der Waals surface area contributed by atoms with Crippen LogP contribution in [-0.4, -0.2) is 28.8 Å². The molecule has 0 bridgehead atoms. The van der Waals surface area contributed by atoms with Gasteiger partial charge in [-0.25, -0.2) is 4.98 Å². The van der Waals surface area contributed by atoms with Crippen molar-refractivity contribution in [2.75, 3.05) is 19.5 Å². The van der Waals surface area contributed by atoms with Crippen LogP contribution in [0.3, 0.4) is 0 Å². The van der Waals surface area contributed by atoms with Crippen molar-refractivity contribution in [2.24, 2.45) is 0 Å². The molecule has 4 aromatic rings. The van der Waals surface area contributed by atoms with Crippen LogP contribution in [-0.2, 0) is 0 Å². The highest BCUT2D eigenvalue weighted by molar-refractivity contribution is 5.82. The molecule has 0 aliphatic rings. The highest BCUT2D eigenvalue weighted by Crippen LogP contribution is 2.36. The fourth-order valence-corrected chi connectivity index (χ4v) is 3.53. The van der Waals surface area contributed by atoms with Gasteiger partial charge in [-0.1, -0.05) is 18.2 Å². The minimum atomic E-state index is 0.675. The molecule has 4 rings (SSSR count). The summed E-state index contributed by atoms with van der Waals surface area (Å²) in [6.45, 7) is 6.06. The Kier molecular flexibility index (Phi) is 4.84. The lowest BCUT2D eigenvalue weighted by molar-refractivity contribution is 0.355. The minimum absolute atomic E-state index is 0.675. The van der Waals surface area contributed by atoms with Crippen molar-refractivity contribution in [3.63, 3.8) is 0 Å². The number of fused-ring (bicyclic) bond motifs is 1. The van der Waals surface area contributed by atoms with Crippen LogP contribution < -0.4 is 14.8 Å². The molecule has 2 aromatic heterocycles. The lowest BCUT2D eigenvalue weighted by Crippen LogP contribution is -2.02. The van der Waals surface area contributed by atoms with Crippen LogP contribution in [0.4, 0.5) is 11.5 Å². The van der Waals surface area contributed by atoms with Gasteiger partial charge in [-0.2, -0.15) is 9.61 Å². The van der Waals surface area contributed by atoms with Crippen LogP contribution in [0.1, 0.15) is 17.0 Å². The first-order valence-corrected chi connectivity index (χ1v) is 9.43. The molecular weight excluding hydrogens is 364 g/mol. The minimum Gasteiger partial charge on any atom is -0.493 e. The van der Waals surface area contributed by atoms with Crippen LogP contribution in [0.15, 0.2) is 48.5 Å². The maximum Gasteiger partial charge on any atom is 0.165 e. The Morgan fingerprint density at radius 3 is 2.41 bits per heavy atom. The molecule has 148 valence electrons. The summed E-state index contributed by atoms with van der Waals surface area (Å²) in [6, 6.07) is 16.1. The number of hydrogen-bond donors (Lipinski definition) is 1. The number of aryl methyl sites for hydroxylation is 3. The number of ether oxygens (including phenoxy) is 2. The molecular formula is C23H24N4O2. The van der Waals surface area contributed by atoms with Gasteiger partial charge in [0.25, 0.3) is 0 Å². The Bertz CT molecular complexity index is 1200. The van der Waals surface area contributed by atoms with E-state index in [1.54, 1.807) is 14.2 Å². The molecule has 0 unspecified atom stereocenters. The summed E-state index contributed by atoms with van der Waals surface area (Å²) >= 11 is 0. The molecule has 1 N–H and O–H groups in total. The van der Waals surface area contributed by atoms with Crippen molar-refractivity contribution < 1.29 is 9.47 Å². The lowest BCUT2D eigenvalue weighted by atomic mass is 10.1. The van der Waals surface area contributed by atoms with Crippen molar-refractivity contribution in [3.05, 3.63) is 65.5 Å². The van der Waals surface area contributed by atoms with Gasteiger partial charge in [0.05, 0.1) is 19.9 Å². The predicted octanol–water partition coefficient (Wildman–Crippen LogP) is 5.08. The number of benzene rings is 2. The molecule has 0 fully saturated rings. The fraction of sp³-hybridized carbons (Fsp3) is 0.217. The molecule has 29 heavy (non-hydrogen) atoms. The Hall–Kier alpha value is -3.54. The van der Waals surface area contributed by atoms with E-state index in [1.165, 1.54) is 5.56 Å².